The summed E-state index contributed by atoms with van der Waals surface area (Å²) in [4.78, 5) is 0. The topological polar surface area (TPSA) is 18.5 Å². The van der Waals surface area contributed by atoms with E-state index in [1.165, 1.54) is 17.2 Å². The molecule has 0 aromatic heterocycles. The number of hydrogen-bond acceptors (Lipinski definition) is 2. The first-order chi connectivity index (χ1) is 9.62. The van der Waals surface area contributed by atoms with Gasteiger partial charge in [0.2, 0.25) is 0 Å². The first-order valence-corrected chi connectivity index (χ1v) is 10.8. The summed E-state index contributed by atoms with van der Waals surface area (Å²) in [6.45, 7) is 10.1. The monoisotopic (exact) mass is 290 g/mol. The van der Waals surface area contributed by atoms with Gasteiger partial charge in [-0.1, -0.05) is 48.6 Å². The van der Waals surface area contributed by atoms with Gasteiger partial charge in [0.1, 0.15) is 0 Å². The Balaban J connectivity index is 1.89. The van der Waals surface area contributed by atoms with Crippen LogP contribution < -0.4 is 5.19 Å². The highest BCUT2D eigenvalue weighted by molar-refractivity contribution is 6.90. The minimum absolute atomic E-state index is 0.00462. The van der Waals surface area contributed by atoms with Gasteiger partial charge >= 0.3 is 0 Å². The molecule has 0 bridgehead atoms. The van der Waals surface area contributed by atoms with Crippen LogP contribution >= 0.6 is 0 Å². The van der Waals surface area contributed by atoms with E-state index in [4.69, 9.17) is 9.47 Å². The standard InChI is InChI=1S/C17H26O2Si/c1-4-13-20(2,3)16-10-8-15(9-11-16)14-19-17-7-5-6-12-18-17/h4,8-11,17H,1,5-7,12-14H2,2-3H3. The largest absolute Gasteiger partial charge is 0.353 e. The van der Waals surface area contributed by atoms with E-state index >= 15 is 0 Å². The molecule has 0 saturated carbocycles. The lowest BCUT2D eigenvalue weighted by Gasteiger charge is -2.23. The lowest BCUT2D eigenvalue weighted by molar-refractivity contribution is -0.168. The van der Waals surface area contributed by atoms with Gasteiger partial charge in [-0.05, 0) is 30.9 Å². The van der Waals surface area contributed by atoms with E-state index in [0.717, 1.165) is 25.5 Å². The molecular weight excluding hydrogens is 264 g/mol. The zero-order chi connectivity index (χ0) is 14.4. The van der Waals surface area contributed by atoms with Crippen molar-refractivity contribution in [2.45, 2.75) is 51.3 Å². The smallest absolute Gasteiger partial charge is 0.158 e. The van der Waals surface area contributed by atoms with Crippen LogP contribution in [0.5, 0.6) is 0 Å². The second-order valence-electron chi connectivity index (χ2n) is 6.18. The Morgan fingerprint density at radius 2 is 2.05 bits per heavy atom. The molecule has 110 valence electrons. The van der Waals surface area contributed by atoms with Crippen molar-refractivity contribution in [2.24, 2.45) is 0 Å². The molecule has 1 atom stereocenters. The zero-order valence-electron chi connectivity index (χ0n) is 12.7. The molecule has 1 aromatic rings. The van der Waals surface area contributed by atoms with Crippen LogP contribution in [0.3, 0.4) is 0 Å². The highest BCUT2D eigenvalue weighted by atomic mass is 28.3. The van der Waals surface area contributed by atoms with Gasteiger partial charge < -0.3 is 9.47 Å². The van der Waals surface area contributed by atoms with Crippen molar-refractivity contribution in [3.05, 3.63) is 42.5 Å². The van der Waals surface area contributed by atoms with Crippen molar-refractivity contribution in [3.8, 4) is 0 Å². The van der Waals surface area contributed by atoms with Crippen LogP contribution in [0.25, 0.3) is 0 Å². The van der Waals surface area contributed by atoms with Gasteiger partial charge in [0.05, 0.1) is 14.7 Å². The Kier molecular flexibility index (Phi) is 5.58. The number of hydrogen-bond donors (Lipinski definition) is 0. The van der Waals surface area contributed by atoms with E-state index < -0.39 is 8.07 Å². The molecule has 1 saturated heterocycles. The van der Waals surface area contributed by atoms with E-state index in [1.807, 2.05) is 6.08 Å². The van der Waals surface area contributed by atoms with Gasteiger partial charge in [0, 0.05) is 6.61 Å². The number of allylic oxidation sites excluding steroid dienone is 1. The fourth-order valence-corrected chi connectivity index (χ4v) is 4.59. The quantitative estimate of drug-likeness (QED) is 0.585. The van der Waals surface area contributed by atoms with E-state index in [-0.39, 0.29) is 6.29 Å². The van der Waals surface area contributed by atoms with E-state index in [2.05, 4.69) is 43.9 Å². The van der Waals surface area contributed by atoms with Crippen molar-refractivity contribution in [3.63, 3.8) is 0 Å². The maximum atomic E-state index is 5.81. The van der Waals surface area contributed by atoms with Gasteiger partial charge in [-0.15, -0.1) is 6.58 Å². The molecule has 1 aromatic carbocycles. The van der Waals surface area contributed by atoms with Crippen LogP contribution in [-0.2, 0) is 16.1 Å². The summed E-state index contributed by atoms with van der Waals surface area (Å²) < 4.78 is 11.4. The molecule has 1 aliphatic heterocycles. The first kappa shape index (κ1) is 15.5. The first-order valence-electron chi connectivity index (χ1n) is 7.55. The maximum Gasteiger partial charge on any atom is 0.158 e. The molecule has 0 N–H and O–H groups in total. The van der Waals surface area contributed by atoms with Crippen molar-refractivity contribution >= 4 is 13.3 Å². The second kappa shape index (κ2) is 7.20. The third-order valence-corrected chi connectivity index (χ3v) is 7.17. The Labute approximate surface area is 123 Å². The maximum absolute atomic E-state index is 5.81. The van der Waals surface area contributed by atoms with Crippen molar-refractivity contribution in [1.82, 2.24) is 0 Å². The van der Waals surface area contributed by atoms with Gasteiger partial charge in [-0.3, -0.25) is 0 Å². The SMILES string of the molecule is C=CC[Si](C)(C)c1ccc(COC2CCCCO2)cc1. The minimum Gasteiger partial charge on any atom is -0.353 e. The summed E-state index contributed by atoms with van der Waals surface area (Å²) in [7, 11) is -1.34. The molecule has 1 fully saturated rings. The van der Waals surface area contributed by atoms with Gasteiger partial charge in [-0.2, -0.15) is 0 Å². The zero-order valence-corrected chi connectivity index (χ0v) is 13.7. The van der Waals surface area contributed by atoms with Crippen LogP contribution in [0.15, 0.2) is 36.9 Å². The molecule has 0 aliphatic carbocycles. The lowest BCUT2D eigenvalue weighted by Crippen LogP contribution is -2.40. The van der Waals surface area contributed by atoms with E-state index in [1.54, 1.807) is 0 Å². The van der Waals surface area contributed by atoms with Crippen molar-refractivity contribution < 1.29 is 9.47 Å². The molecule has 2 nitrogen and oxygen atoms in total. The van der Waals surface area contributed by atoms with Crippen molar-refractivity contribution in [2.75, 3.05) is 6.61 Å². The fraction of sp³-hybridized carbons (Fsp3) is 0.529. The molecule has 3 heteroatoms. The third-order valence-electron chi connectivity index (χ3n) is 3.96. The third kappa shape index (κ3) is 4.30. The van der Waals surface area contributed by atoms with E-state index in [0.29, 0.717) is 6.61 Å². The van der Waals surface area contributed by atoms with Crippen LogP contribution in [0.4, 0.5) is 0 Å². The van der Waals surface area contributed by atoms with Gasteiger partial charge in [0.15, 0.2) is 6.29 Å². The lowest BCUT2D eigenvalue weighted by atomic mass is 10.2. The molecular formula is C17H26O2Si. The van der Waals surface area contributed by atoms with E-state index in [9.17, 15) is 0 Å². The van der Waals surface area contributed by atoms with Gasteiger partial charge in [0.25, 0.3) is 0 Å². The highest BCUT2D eigenvalue weighted by Gasteiger charge is 2.21. The molecule has 2 rings (SSSR count). The molecule has 0 spiro atoms. The predicted octanol–water partition coefficient (Wildman–Crippen LogP) is 3.83. The molecule has 1 heterocycles. The van der Waals surface area contributed by atoms with Crippen molar-refractivity contribution in [1.29, 1.82) is 0 Å². The Morgan fingerprint density at radius 1 is 1.30 bits per heavy atom. The summed E-state index contributed by atoms with van der Waals surface area (Å²) in [5.74, 6) is 0. The Hall–Kier alpha value is -0.903. The summed E-state index contributed by atoms with van der Waals surface area (Å²) in [6.07, 6.45) is 5.44. The summed E-state index contributed by atoms with van der Waals surface area (Å²) >= 11 is 0. The second-order valence-corrected chi connectivity index (χ2v) is 10.9. The van der Waals surface area contributed by atoms with Crippen LogP contribution in [0, 0.1) is 0 Å². The highest BCUT2D eigenvalue weighted by Crippen LogP contribution is 2.16. The normalized spacial score (nSPS) is 19.8. The summed E-state index contributed by atoms with van der Waals surface area (Å²) in [5, 5.41) is 1.48. The number of ether oxygens (including phenoxy) is 2. The molecule has 20 heavy (non-hydrogen) atoms. The summed E-state index contributed by atoms with van der Waals surface area (Å²) in [6, 6.07) is 10.0. The summed E-state index contributed by atoms with van der Waals surface area (Å²) in [5.41, 5.74) is 1.23. The average Bonchev–Trinajstić information content (AvgIpc) is 2.47. The van der Waals surface area contributed by atoms with Crippen LogP contribution in [-0.4, -0.2) is 21.0 Å². The van der Waals surface area contributed by atoms with Gasteiger partial charge in [-0.25, -0.2) is 0 Å². The Morgan fingerprint density at radius 3 is 2.65 bits per heavy atom. The average molecular weight is 290 g/mol. The number of benzene rings is 1. The molecule has 0 radical (unpaired) electrons. The van der Waals surface area contributed by atoms with Crippen LogP contribution in [0.2, 0.25) is 19.1 Å². The fourth-order valence-electron chi connectivity index (χ4n) is 2.56. The molecule has 1 unspecified atom stereocenters. The van der Waals surface area contributed by atoms with Crippen LogP contribution in [0.1, 0.15) is 24.8 Å². The Bertz CT molecular complexity index is 419. The predicted molar refractivity (Wildman–Crippen MR) is 86.9 cm³/mol. The number of rotatable bonds is 6. The minimum atomic E-state index is -1.34. The molecule has 1 aliphatic rings. The molecule has 0 amide bonds.